The summed E-state index contributed by atoms with van der Waals surface area (Å²) in [5.74, 6) is -2.04. The van der Waals surface area contributed by atoms with Crippen molar-refractivity contribution in [3.05, 3.63) is 33.8 Å². The lowest BCUT2D eigenvalue weighted by Crippen LogP contribution is -2.43. The highest BCUT2D eigenvalue weighted by atomic mass is 35.5. The zero-order chi connectivity index (χ0) is 20.8. The van der Waals surface area contributed by atoms with Gasteiger partial charge in [-0.15, -0.1) is 0 Å². The van der Waals surface area contributed by atoms with Crippen molar-refractivity contribution in [1.29, 1.82) is 0 Å². The van der Waals surface area contributed by atoms with Crippen LogP contribution < -0.4 is 5.73 Å². The number of carboxylic acids is 1. The average molecular weight is 431 g/mol. The Labute approximate surface area is 176 Å². The largest absolute Gasteiger partial charge is 0.481 e. The third-order valence-electron chi connectivity index (χ3n) is 5.63. The SMILES string of the molecule is CCCCC(C(=O)O)C1CC(B(O)O)CN(Cc2ccc(Cl)c(Cl)c2)C(N)C1. The van der Waals surface area contributed by atoms with E-state index < -0.39 is 24.8 Å². The number of benzene rings is 1. The van der Waals surface area contributed by atoms with E-state index in [-0.39, 0.29) is 12.1 Å². The molecule has 1 heterocycles. The van der Waals surface area contributed by atoms with Crippen molar-refractivity contribution in [2.45, 2.75) is 57.6 Å². The van der Waals surface area contributed by atoms with Crippen LogP contribution in [0, 0.1) is 11.8 Å². The Balaban J connectivity index is 2.21. The van der Waals surface area contributed by atoms with Crippen molar-refractivity contribution in [2.75, 3.05) is 6.54 Å². The molecule has 0 amide bonds. The second-order valence-electron chi connectivity index (χ2n) is 7.74. The van der Waals surface area contributed by atoms with Gasteiger partial charge in [0.2, 0.25) is 0 Å². The van der Waals surface area contributed by atoms with Crippen LogP contribution in [-0.2, 0) is 11.3 Å². The molecule has 4 atom stereocenters. The molecule has 4 unspecified atom stereocenters. The van der Waals surface area contributed by atoms with E-state index in [2.05, 4.69) is 0 Å². The Morgan fingerprint density at radius 3 is 2.61 bits per heavy atom. The molecule has 1 aromatic rings. The number of carboxylic acid groups (broad SMARTS) is 1. The number of carbonyl (C=O) groups is 1. The average Bonchev–Trinajstić information content (AvgIpc) is 2.78. The number of unbranched alkanes of at least 4 members (excludes halogenated alkanes) is 1. The van der Waals surface area contributed by atoms with Gasteiger partial charge in [-0.3, -0.25) is 9.69 Å². The van der Waals surface area contributed by atoms with E-state index in [1.54, 1.807) is 12.1 Å². The summed E-state index contributed by atoms with van der Waals surface area (Å²) in [5.41, 5.74) is 7.34. The van der Waals surface area contributed by atoms with Crippen LogP contribution in [0.15, 0.2) is 18.2 Å². The lowest BCUT2D eigenvalue weighted by Gasteiger charge is -2.29. The van der Waals surface area contributed by atoms with E-state index in [4.69, 9.17) is 28.9 Å². The summed E-state index contributed by atoms with van der Waals surface area (Å²) in [7, 11) is -1.52. The topological polar surface area (TPSA) is 107 Å². The van der Waals surface area contributed by atoms with Gasteiger partial charge in [-0.2, -0.15) is 0 Å². The van der Waals surface area contributed by atoms with Crippen molar-refractivity contribution >= 4 is 36.3 Å². The van der Waals surface area contributed by atoms with Crippen molar-refractivity contribution in [2.24, 2.45) is 17.6 Å². The molecule has 1 fully saturated rings. The Hall–Kier alpha value is -0.825. The third kappa shape index (κ3) is 6.34. The molecule has 0 aliphatic carbocycles. The Morgan fingerprint density at radius 2 is 2.04 bits per heavy atom. The summed E-state index contributed by atoms with van der Waals surface area (Å²) >= 11 is 12.1. The van der Waals surface area contributed by atoms with Crippen LogP contribution in [-0.4, -0.2) is 45.9 Å². The van der Waals surface area contributed by atoms with E-state index in [0.717, 1.165) is 18.4 Å². The summed E-state index contributed by atoms with van der Waals surface area (Å²) in [6, 6.07) is 5.34. The fourth-order valence-corrected chi connectivity index (χ4v) is 4.36. The van der Waals surface area contributed by atoms with E-state index in [1.165, 1.54) is 0 Å². The van der Waals surface area contributed by atoms with Gasteiger partial charge < -0.3 is 20.9 Å². The number of aliphatic carboxylic acids is 1. The monoisotopic (exact) mass is 430 g/mol. The second-order valence-corrected chi connectivity index (χ2v) is 8.55. The molecule has 0 saturated carbocycles. The van der Waals surface area contributed by atoms with Crippen LogP contribution in [0.3, 0.4) is 0 Å². The first-order valence-corrected chi connectivity index (χ1v) is 10.5. The van der Waals surface area contributed by atoms with Crippen LogP contribution in [0.5, 0.6) is 0 Å². The molecule has 1 aliphatic heterocycles. The van der Waals surface area contributed by atoms with Crippen LogP contribution >= 0.6 is 23.2 Å². The van der Waals surface area contributed by atoms with Gasteiger partial charge in [0.05, 0.1) is 22.1 Å². The molecular weight excluding hydrogens is 402 g/mol. The molecule has 0 bridgehead atoms. The molecule has 0 aromatic heterocycles. The maximum Gasteiger partial charge on any atom is 0.456 e. The predicted molar refractivity (Wildman–Crippen MR) is 112 cm³/mol. The standard InChI is InChI=1S/C19H29BCl2N2O4/c1-2-3-4-15(19(25)26)13-8-14(20(27)28)11-24(18(23)9-13)10-12-5-6-16(21)17(22)7-12/h5-7,13-15,18,27-28H,2-4,8-11,23H2,1H3,(H,25,26). The lowest BCUT2D eigenvalue weighted by molar-refractivity contribution is -0.144. The van der Waals surface area contributed by atoms with E-state index in [9.17, 15) is 19.9 Å². The number of hydrogen-bond acceptors (Lipinski definition) is 5. The zero-order valence-electron chi connectivity index (χ0n) is 16.1. The Bertz CT molecular complexity index is 665. The summed E-state index contributed by atoms with van der Waals surface area (Å²) < 4.78 is 0. The number of halogens is 2. The van der Waals surface area contributed by atoms with Gasteiger partial charge in [-0.1, -0.05) is 49.0 Å². The minimum Gasteiger partial charge on any atom is -0.481 e. The van der Waals surface area contributed by atoms with Crippen LogP contribution in [0.25, 0.3) is 0 Å². The molecule has 6 nitrogen and oxygen atoms in total. The Kier molecular flexibility index (Phi) is 9.05. The fourth-order valence-electron chi connectivity index (χ4n) is 4.04. The van der Waals surface area contributed by atoms with Gasteiger partial charge in [0.15, 0.2) is 0 Å². The molecule has 2 rings (SSSR count). The van der Waals surface area contributed by atoms with E-state index >= 15 is 0 Å². The maximum atomic E-state index is 11.8. The normalized spacial score (nSPS) is 24.6. The van der Waals surface area contributed by atoms with Crippen LogP contribution in [0.4, 0.5) is 0 Å². The first-order valence-electron chi connectivity index (χ1n) is 9.75. The molecule has 1 aromatic carbocycles. The Morgan fingerprint density at radius 1 is 1.32 bits per heavy atom. The number of nitrogens with zero attached hydrogens (tertiary/aromatic N) is 1. The highest BCUT2D eigenvalue weighted by molar-refractivity contribution is 6.43. The third-order valence-corrected chi connectivity index (χ3v) is 6.37. The lowest BCUT2D eigenvalue weighted by atomic mass is 9.66. The highest BCUT2D eigenvalue weighted by Gasteiger charge is 2.39. The van der Waals surface area contributed by atoms with Crippen molar-refractivity contribution < 1.29 is 19.9 Å². The number of hydrogen-bond donors (Lipinski definition) is 4. The molecule has 5 N–H and O–H groups in total. The zero-order valence-corrected chi connectivity index (χ0v) is 17.6. The van der Waals surface area contributed by atoms with Gasteiger partial charge in [0.1, 0.15) is 0 Å². The van der Waals surface area contributed by atoms with Crippen LogP contribution in [0.2, 0.25) is 15.9 Å². The number of nitrogens with two attached hydrogens (primary N) is 1. The predicted octanol–water partition coefficient (Wildman–Crippen LogP) is 3.22. The number of likely N-dealkylation sites (tertiary alicyclic amines) is 1. The minimum absolute atomic E-state index is 0.204. The van der Waals surface area contributed by atoms with Gasteiger partial charge >= 0.3 is 13.1 Å². The van der Waals surface area contributed by atoms with E-state index in [1.807, 2.05) is 17.9 Å². The van der Waals surface area contributed by atoms with Crippen molar-refractivity contribution in [1.82, 2.24) is 4.90 Å². The first kappa shape index (κ1) is 23.5. The molecule has 1 aliphatic rings. The van der Waals surface area contributed by atoms with Gasteiger partial charge in [-0.25, -0.2) is 0 Å². The van der Waals surface area contributed by atoms with Crippen LogP contribution in [0.1, 0.15) is 44.6 Å². The molecule has 9 heteroatoms. The van der Waals surface area contributed by atoms with Gasteiger partial charge in [0, 0.05) is 18.9 Å². The minimum atomic E-state index is -1.52. The van der Waals surface area contributed by atoms with Gasteiger partial charge in [-0.05, 0) is 42.9 Å². The van der Waals surface area contributed by atoms with Gasteiger partial charge in [0.25, 0.3) is 0 Å². The first-order chi connectivity index (χ1) is 13.2. The maximum absolute atomic E-state index is 11.8. The quantitative estimate of drug-likeness (QED) is 0.471. The smallest absolute Gasteiger partial charge is 0.456 e. The molecule has 0 spiro atoms. The molecule has 156 valence electrons. The van der Waals surface area contributed by atoms with E-state index in [0.29, 0.717) is 42.4 Å². The summed E-state index contributed by atoms with van der Waals surface area (Å²) in [5, 5.41) is 30.4. The highest BCUT2D eigenvalue weighted by Crippen LogP contribution is 2.36. The van der Waals surface area contributed by atoms with Crippen molar-refractivity contribution in [3.63, 3.8) is 0 Å². The second kappa shape index (κ2) is 10.8. The summed E-state index contributed by atoms with van der Waals surface area (Å²) in [6.07, 6.45) is 2.84. The fraction of sp³-hybridized carbons (Fsp3) is 0.632. The number of rotatable bonds is 8. The van der Waals surface area contributed by atoms with Crippen molar-refractivity contribution in [3.8, 4) is 0 Å². The molecule has 1 saturated heterocycles. The molecular formula is C19H29BCl2N2O4. The molecule has 0 radical (unpaired) electrons. The summed E-state index contributed by atoms with van der Waals surface area (Å²) in [4.78, 5) is 13.8. The summed E-state index contributed by atoms with van der Waals surface area (Å²) in [6.45, 7) is 2.87. The molecule has 28 heavy (non-hydrogen) atoms.